The van der Waals surface area contributed by atoms with Crippen LogP contribution in [-0.4, -0.2) is 16.3 Å². The zero-order valence-electron chi connectivity index (χ0n) is 25.3. The number of pyridine rings is 1. The van der Waals surface area contributed by atoms with Crippen molar-refractivity contribution in [1.82, 2.24) is 9.46 Å². The summed E-state index contributed by atoms with van der Waals surface area (Å²) in [5.41, 5.74) is 17.8. The molecule has 0 saturated carbocycles. The summed E-state index contributed by atoms with van der Waals surface area (Å²) in [6, 6.07) is 37.7. The first-order chi connectivity index (χ1) is 22.1. The predicted octanol–water partition coefficient (Wildman–Crippen LogP) is 8.95. The van der Waals surface area contributed by atoms with Crippen LogP contribution in [0.4, 0.5) is 17.1 Å². The normalized spacial score (nSPS) is 13.1. The van der Waals surface area contributed by atoms with Crippen molar-refractivity contribution < 1.29 is 4.42 Å². The fourth-order valence-electron chi connectivity index (χ4n) is 8.38. The summed E-state index contributed by atoms with van der Waals surface area (Å²) in [6.07, 6.45) is 3.78. The molecule has 8 aromatic rings. The van der Waals surface area contributed by atoms with Gasteiger partial charge in [-0.1, -0.05) is 60.2 Å². The molecule has 3 aromatic heterocycles. The molecule has 0 amide bonds. The van der Waals surface area contributed by atoms with Gasteiger partial charge >= 0.3 is 6.85 Å². The summed E-state index contributed by atoms with van der Waals surface area (Å²) in [6.45, 7) is 6.59. The maximum Gasteiger partial charge on any atom is 0.333 e. The van der Waals surface area contributed by atoms with Gasteiger partial charge in [0.2, 0.25) is 0 Å². The molecule has 0 radical (unpaired) electrons. The van der Waals surface area contributed by atoms with Crippen molar-refractivity contribution in [1.29, 1.82) is 0 Å². The zero-order valence-corrected chi connectivity index (χ0v) is 25.3. The molecule has 0 atom stereocenters. The van der Waals surface area contributed by atoms with Crippen LogP contribution in [0.3, 0.4) is 0 Å². The maximum atomic E-state index is 6.28. The van der Waals surface area contributed by atoms with Crippen LogP contribution < -0.4 is 15.8 Å². The monoisotopic (exact) mass is 577 g/mol. The van der Waals surface area contributed by atoms with E-state index in [4.69, 9.17) is 9.40 Å². The summed E-state index contributed by atoms with van der Waals surface area (Å²) in [4.78, 5) is 7.52. The number of nitrogens with zero attached hydrogens (tertiary/aromatic N) is 3. The molecule has 4 nitrogen and oxygen atoms in total. The third-order valence-electron chi connectivity index (χ3n) is 9.93. The van der Waals surface area contributed by atoms with Gasteiger partial charge in [-0.3, -0.25) is 4.98 Å². The highest BCUT2D eigenvalue weighted by Crippen LogP contribution is 2.47. The number of benzene rings is 5. The lowest BCUT2D eigenvalue weighted by atomic mass is 9.45. The topological polar surface area (TPSA) is 34.2 Å². The minimum Gasteiger partial charge on any atom is -0.464 e. The first-order valence-electron chi connectivity index (χ1n) is 15.6. The molecule has 0 bridgehead atoms. The molecule has 45 heavy (non-hydrogen) atoms. The Hall–Kier alpha value is -5.55. The average Bonchev–Trinajstić information content (AvgIpc) is 3.65. The third-order valence-corrected chi connectivity index (χ3v) is 9.93. The molecule has 5 aromatic carbocycles. The van der Waals surface area contributed by atoms with Gasteiger partial charge in [0, 0.05) is 50.5 Å². The third kappa shape index (κ3) is 3.20. The first-order valence-corrected chi connectivity index (χ1v) is 15.6. The lowest BCUT2D eigenvalue weighted by Gasteiger charge is -2.40. The van der Waals surface area contributed by atoms with Crippen LogP contribution in [-0.2, 0) is 0 Å². The molecule has 0 aliphatic carbocycles. The van der Waals surface area contributed by atoms with Gasteiger partial charge in [-0.25, -0.2) is 0 Å². The Morgan fingerprint density at radius 3 is 2.36 bits per heavy atom. The van der Waals surface area contributed by atoms with E-state index in [0.717, 1.165) is 33.4 Å². The number of para-hydroxylation sites is 2. The van der Waals surface area contributed by atoms with E-state index >= 15 is 0 Å². The second-order valence-corrected chi connectivity index (χ2v) is 12.6. The molecule has 0 unspecified atom stereocenters. The molecule has 0 saturated heterocycles. The molecule has 0 spiro atoms. The first kappa shape index (κ1) is 24.9. The van der Waals surface area contributed by atoms with Crippen LogP contribution in [0.2, 0.25) is 0 Å². The Morgan fingerprint density at radius 1 is 0.711 bits per heavy atom. The summed E-state index contributed by atoms with van der Waals surface area (Å²) < 4.78 is 8.83. The van der Waals surface area contributed by atoms with Crippen LogP contribution in [0.25, 0.3) is 55.2 Å². The predicted molar refractivity (Wildman–Crippen MR) is 187 cm³/mol. The number of anilines is 3. The quantitative estimate of drug-likeness (QED) is 0.192. The SMILES string of the molecule is Cc1cc(C)c(-c2ccc3c(c2)c2ccnc4c2n3B2c3ccccc3N(c3ccccc3)c3cc5ccoc5c-4c32)c(C)c1. The minimum absolute atomic E-state index is 0.0361. The molecule has 5 heterocycles. The number of rotatable bonds is 2. The largest absolute Gasteiger partial charge is 0.464 e. The van der Waals surface area contributed by atoms with E-state index in [-0.39, 0.29) is 6.85 Å². The van der Waals surface area contributed by atoms with Gasteiger partial charge in [-0.2, -0.15) is 0 Å². The molecule has 5 heteroatoms. The van der Waals surface area contributed by atoms with Gasteiger partial charge in [0.25, 0.3) is 0 Å². The Labute approximate surface area is 261 Å². The van der Waals surface area contributed by atoms with Crippen LogP contribution in [0, 0.1) is 20.8 Å². The van der Waals surface area contributed by atoms with E-state index in [1.54, 1.807) is 0 Å². The van der Waals surface area contributed by atoms with Crippen LogP contribution in [0.1, 0.15) is 16.7 Å². The van der Waals surface area contributed by atoms with Crippen molar-refractivity contribution >= 4 is 67.6 Å². The molecule has 10 rings (SSSR count). The van der Waals surface area contributed by atoms with Crippen molar-refractivity contribution in [2.75, 3.05) is 4.90 Å². The van der Waals surface area contributed by atoms with Crippen LogP contribution >= 0.6 is 0 Å². The van der Waals surface area contributed by atoms with Gasteiger partial charge in [-0.05, 0) is 102 Å². The van der Waals surface area contributed by atoms with Crippen molar-refractivity contribution in [2.24, 2.45) is 0 Å². The summed E-state index contributed by atoms with van der Waals surface area (Å²) in [5.74, 6) is 0. The maximum absolute atomic E-state index is 6.28. The number of aromatic nitrogens is 2. The van der Waals surface area contributed by atoms with E-state index in [1.165, 1.54) is 66.4 Å². The number of hydrogen-bond acceptors (Lipinski definition) is 3. The number of fused-ring (bicyclic) bond motifs is 9. The molecule has 0 N–H and O–H groups in total. The molecule has 212 valence electrons. The highest BCUT2D eigenvalue weighted by atomic mass is 16.3. The van der Waals surface area contributed by atoms with E-state index in [2.05, 4.69) is 133 Å². The Balaban J connectivity index is 1.35. The summed E-state index contributed by atoms with van der Waals surface area (Å²) in [7, 11) is 0. The van der Waals surface area contributed by atoms with E-state index in [1.807, 2.05) is 12.5 Å². The summed E-state index contributed by atoms with van der Waals surface area (Å²) in [5, 5.41) is 3.55. The molecule has 2 aliphatic heterocycles. The molecular weight excluding hydrogens is 549 g/mol. The standard InChI is InChI=1S/C40H28BN3O/c1-23-19-24(2)35(25(3)20-23)26-13-14-32-30(21-26)29-15-17-42-38-36-37-34(22-27-16-18-45-40(27)36)43(28-9-5-4-6-10-28)33-12-8-7-11-31(33)41(37)44(32)39(29)38/h4-22H,1-3H3. The van der Waals surface area contributed by atoms with Crippen molar-refractivity contribution in [3.8, 4) is 22.4 Å². The van der Waals surface area contributed by atoms with Gasteiger partial charge in [-0.15, -0.1) is 0 Å². The summed E-state index contributed by atoms with van der Waals surface area (Å²) >= 11 is 0. The van der Waals surface area contributed by atoms with Crippen molar-refractivity contribution in [2.45, 2.75) is 20.8 Å². The second-order valence-electron chi connectivity index (χ2n) is 12.6. The molecular formula is C40H28BN3O. The van der Waals surface area contributed by atoms with Gasteiger partial charge < -0.3 is 13.8 Å². The Morgan fingerprint density at radius 2 is 1.51 bits per heavy atom. The highest BCUT2D eigenvalue weighted by molar-refractivity contribution is 6.90. The highest BCUT2D eigenvalue weighted by Gasteiger charge is 2.44. The fourth-order valence-corrected chi connectivity index (χ4v) is 8.38. The van der Waals surface area contributed by atoms with Gasteiger partial charge in [0.1, 0.15) is 5.58 Å². The number of furan rings is 1. The molecule has 0 fully saturated rings. The van der Waals surface area contributed by atoms with Crippen molar-refractivity contribution in [3.63, 3.8) is 0 Å². The van der Waals surface area contributed by atoms with E-state index < -0.39 is 0 Å². The van der Waals surface area contributed by atoms with Crippen LogP contribution in [0.15, 0.2) is 120 Å². The lowest BCUT2D eigenvalue weighted by molar-refractivity contribution is 0.617. The minimum atomic E-state index is -0.0361. The Bertz CT molecular complexity index is 2520. The fraction of sp³-hybridized carbons (Fsp3) is 0.0750. The molecule has 2 aliphatic rings. The van der Waals surface area contributed by atoms with Gasteiger partial charge in [0.05, 0.1) is 17.5 Å². The van der Waals surface area contributed by atoms with E-state index in [9.17, 15) is 0 Å². The van der Waals surface area contributed by atoms with Gasteiger partial charge in [0.15, 0.2) is 0 Å². The van der Waals surface area contributed by atoms with E-state index in [0.29, 0.717) is 0 Å². The zero-order chi connectivity index (χ0) is 30.0. The Kier molecular flexibility index (Phi) is 4.84. The lowest BCUT2D eigenvalue weighted by Crippen LogP contribution is -2.56. The van der Waals surface area contributed by atoms with Crippen LogP contribution in [0.5, 0.6) is 0 Å². The smallest absolute Gasteiger partial charge is 0.333 e. The second kappa shape index (κ2) is 8.76. The number of hydrogen-bond donors (Lipinski definition) is 0. The van der Waals surface area contributed by atoms with Crippen molar-refractivity contribution in [3.05, 3.63) is 132 Å². The number of aryl methyl sites for hydroxylation is 3. The average molecular weight is 577 g/mol.